The van der Waals surface area contributed by atoms with Gasteiger partial charge in [0.2, 0.25) is 5.91 Å². The summed E-state index contributed by atoms with van der Waals surface area (Å²) in [6.45, 7) is 5.29. The number of nitrogens with one attached hydrogen (secondary N) is 1. The number of benzene rings is 1. The number of carbonyl (C=O) groups is 1. The second-order valence-electron chi connectivity index (χ2n) is 5.46. The van der Waals surface area contributed by atoms with Gasteiger partial charge >= 0.3 is 0 Å². The molecule has 0 radical (unpaired) electrons. The van der Waals surface area contributed by atoms with Crippen molar-refractivity contribution in [2.45, 2.75) is 20.4 Å². The zero-order valence-corrected chi connectivity index (χ0v) is 13.2. The summed E-state index contributed by atoms with van der Waals surface area (Å²) in [6.07, 6.45) is 0. The van der Waals surface area contributed by atoms with Gasteiger partial charge < -0.3 is 14.8 Å². The van der Waals surface area contributed by atoms with E-state index in [1.54, 1.807) is 19.0 Å². The van der Waals surface area contributed by atoms with Gasteiger partial charge in [0, 0.05) is 37.7 Å². The first-order valence-corrected chi connectivity index (χ1v) is 7.15. The number of aromatic nitrogens is 1. The summed E-state index contributed by atoms with van der Waals surface area (Å²) in [7, 11) is 3.54. The summed E-state index contributed by atoms with van der Waals surface area (Å²) in [4.78, 5) is 13.2. The average molecular weight is 285 g/mol. The molecule has 0 unspecified atom stereocenters. The van der Waals surface area contributed by atoms with Crippen molar-refractivity contribution < 1.29 is 4.79 Å². The van der Waals surface area contributed by atoms with Crippen molar-refractivity contribution in [1.29, 1.82) is 0 Å². The Morgan fingerprint density at radius 1 is 1.19 bits per heavy atom. The normalized spacial score (nSPS) is 10.7. The van der Waals surface area contributed by atoms with E-state index < -0.39 is 0 Å². The molecule has 0 aliphatic heterocycles. The lowest BCUT2D eigenvalue weighted by Crippen LogP contribution is -2.32. The lowest BCUT2D eigenvalue weighted by molar-refractivity contribution is -0.127. The maximum absolute atomic E-state index is 11.6. The Kier molecular flexibility index (Phi) is 4.81. The largest absolute Gasteiger partial charge is 0.348 e. The van der Waals surface area contributed by atoms with Crippen molar-refractivity contribution in [2.75, 3.05) is 20.6 Å². The molecular weight excluding hydrogens is 262 g/mol. The molecule has 1 heterocycles. The highest BCUT2D eigenvalue weighted by Crippen LogP contribution is 2.20. The van der Waals surface area contributed by atoms with Crippen LogP contribution < -0.4 is 5.32 Å². The molecule has 0 bridgehead atoms. The summed E-state index contributed by atoms with van der Waals surface area (Å²) >= 11 is 0. The Hall–Kier alpha value is -2.07. The van der Waals surface area contributed by atoms with Crippen molar-refractivity contribution in [3.05, 3.63) is 53.3 Å². The summed E-state index contributed by atoms with van der Waals surface area (Å²) in [6, 6.07) is 12.5. The van der Waals surface area contributed by atoms with Crippen LogP contribution >= 0.6 is 0 Å². The Balaban J connectivity index is 2.11. The van der Waals surface area contributed by atoms with Gasteiger partial charge in [-0.3, -0.25) is 4.79 Å². The Morgan fingerprint density at radius 2 is 1.86 bits per heavy atom. The first-order chi connectivity index (χ1) is 10.0. The molecule has 21 heavy (non-hydrogen) atoms. The van der Waals surface area contributed by atoms with Crippen molar-refractivity contribution in [3.63, 3.8) is 0 Å². The highest BCUT2D eigenvalue weighted by atomic mass is 16.2. The molecule has 112 valence electrons. The molecule has 1 aromatic heterocycles. The number of hydrogen-bond acceptors (Lipinski definition) is 2. The van der Waals surface area contributed by atoms with Crippen LogP contribution in [0, 0.1) is 13.8 Å². The van der Waals surface area contributed by atoms with E-state index >= 15 is 0 Å². The van der Waals surface area contributed by atoms with E-state index in [2.05, 4.69) is 41.9 Å². The molecule has 0 aliphatic rings. The first-order valence-electron chi connectivity index (χ1n) is 7.15. The Labute approximate surface area is 126 Å². The van der Waals surface area contributed by atoms with E-state index in [0.29, 0.717) is 13.1 Å². The lowest BCUT2D eigenvalue weighted by Gasteiger charge is -2.12. The second-order valence-corrected chi connectivity index (χ2v) is 5.46. The van der Waals surface area contributed by atoms with Crippen molar-refractivity contribution in [3.8, 4) is 5.69 Å². The number of carbonyl (C=O) groups excluding carboxylic acids is 1. The molecule has 1 amide bonds. The number of aryl methyl sites for hydroxylation is 1. The van der Waals surface area contributed by atoms with E-state index in [4.69, 9.17) is 0 Å². The third-order valence-corrected chi connectivity index (χ3v) is 3.64. The van der Waals surface area contributed by atoms with Crippen LogP contribution in [0.25, 0.3) is 5.69 Å². The van der Waals surface area contributed by atoms with Gasteiger partial charge in [0.1, 0.15) is 0 Å². The smallest absolute Gasteiger partial charge is 0.236 e. The van der Waals surface area contributed by atoms with Crippen LogP contribution in [0.3, 0.4) is 0 Å². The Morgan fingerprint density at radius 3 is 2.48 bits per heavy atom. The number of nitrogens with zero attached hydrogens (tertiary/aromatic N) is 2. The quantitative estimate of drug-likeness (QED) is 0.915. The second kappa shape index (κ2) is 6.59. The monoisotopic (exact) mass is 285 g/mol. The molecule has 0 fully saturated rings. The summed E-state index contributed by atoms with van der Waals surface area (Å²) in [5, 5.41) is 3.21. The first kappa shape index (κ1) is 15.3. The van der Waals surface area contributed by atoms with E-state index in [-0.39, 0.29) is 5.91 Å². The van der Waals surface area contributed by atoms with Gasteiger partial charge in [0.05, 0.1) is 6.54 Å². The zero-order valence-electron chi connectivity index (χ0n) is 13.2. The summed E-state index contributed by atoms with van der Waals surface area (Å²) < 4.78 is 2.24. The minimum Gasteiger partial charge on any atom is -0.348 e. The summed E-state index contributed by atoms with van der Waals surface area (Å²) in [5.74, 6) is 0.0897. The molecule has 1 aromatic carbocycles. The number of likely N-dealkylation sites (N-methyl/N-ethyl adjacent to an activating group) is 1. The molecule has 1 N–H and O–H groups in total. The lowest BCUT2D eigenvalue weighted by atomic mass is 10.2. The van der Waals surface area contributed by atoms with Crippen molar-refractivity contribution in [2.24, 2.45) is 0 Å². The molecular formula is C17H23N3O. The summed E-state index contributed by atoms with van der Waals surface area (Å²) in [5.41, 5.74) is 4.81. The van der Waals surface area contributed by atoms with Crippen LogP contribution in [-0.4, -0.2) is 36.0 Å². The molecule has 4 nitrogen and oxygen atoms in total. The van der Waals surface area contributed by atoms with Crippen LogP contribution in [-0.2, 0) is 11.3 Å². The molecule has 0 saturated heterocycles. The maximum atomic E-state index is 11.6. The third-order valence-electron chi connectivity index (χ3n) is 3.64. The molecule has 0 spiro atoms. The number of rotatable bonds is 5. The number of hydrogen-bond donors (Lipinski definition) is 1. The van der Waals surface area contributed by atoms with Crippen LogP contribution in [0.4, 0.5) is 0 Å². The number of amides is 1. The third kappa shape index (κ3) is 3.52. The fourth-order valence-corrected chi connectivity index (χ4v) is 2.44. The molecule has 0 atom stereocenters. The predicted octanol–water partition coefficient (Wildman–Crippen LogP) is 2.27. The van der Waals surface area contributed by atoms with Gasteiger partial charge in [-0.05, 0) is 37.6 Å². The van der Waals surface area contributed by atoms with E-state index in [9.17, 15) is 4.79 Å². The molecule has 0 aliphatic carbocycles. The van der Waals surface area contributed by atoms with Gasteiger partial charge in [-0.2, -0.15) is 0 Å². The van der Waals surface area contributed by atoms with E-state index in [1.165, 1.54) is 22.6 Å². The maximum Gasteiger partial charge on any atom is 0.236 e. The van der Waals surface area contributed by atoms with Gasteiger partial charge in [-0.15, -0.1) is 0 Å². The van der Waals surface area contributed by atoms with Crippen LogP contribution in [0.15, 0.2) is 36.4 Å². The van der Waals surface area contributed by atoms with Crippen LogP contribution in [0.1, 0.15) is 17.0 Å². The minimum atomic E-state index is 0.0897. The highest BCUT2D eigenvalue weighted by Gasteiger charge is 2.11. The Bertz CT molecular complexity index is 614. The van der Waals surface area contributed by atoms with E-state index in [1.807, 2.05) is 18.2 Å². The van der Waals surface area contributed by atoms with Gasteiger partial charge in [0.15, 0.2) is 0 Å². The van der Waals surface area contributed by atoms with E-state index in [0.717, 1.165) is 0 Å². The molecule has 0 saturated carbocycles. The van der Waals surface area contributed by atoms with Gasteiger partial charge in [0.25, 0.3) is 0 Å². The van der Waals surface area contributed by atoms with Gasteiger partial charge in [-0.25, -0.2) is 0 Å². The molecule has 2 rings (SSSR count). The number of para-hydroxylation sites is 1. The minimum absolute atomic E-state index is 0.0897. The predicted molar refractivity (Wildman–Crippen MR) is 85.6 cm³/mol. The topological polar surface area (TPSA) is 37.3 Å². The highest BCUT2D eigenvalue weighted by molar-refractivity contribution is 5.77. The zero-order chi connectivity index (χ0) is 15.4. The molecule has 2 aromatic rings. The standard InChI is InChI=1S/C17H23N3O/c1-13-10-15(11-18-12-17(21)19(3)4)14(2)20(13)16-8-6-5-7-9-16/h5-10,18H,11-12H2,1-4H3. The SMILES string of the molecule is Cc1cc(CNCC(=O)N(C)C)c(C)n1-c1ccccc1. The van der Waals surface area contributed by atoms with Crippen molar-refractivity contribution >= 4 is 5.91 Å². The molecule has 4 heteroatoms. The average Bonchev–Trinajstić information content (AvgIpc) is 2.74. The fourth-order valence-electron chi connectivity index (χ4n) is 2.44. The van der Waals surface area contributed by atoms with Gasteiger partial charge in [-0.1, -0.05) is 18.2 Å². The van der Waals surface area contributed by atoms with Crippen molar-refractivity contribution in [1.82, 2.24) is 14.8 Å². The van der Waals surface area contributed by atoms with Crippen LogP contribution in [0.2, 0.25) is 0 Å². The fraction of sp³-hybridized carbons (Fsp3) is 0.353. The van der Waals surface area contributed by atoms with Crippen LogP contribution in [0.5, 0.6) is 0 Å².